The average molecular weight is 508 g/mol. The van der Waals surface area contributed by atoms with Crippen LogP contribution in [0.4, 0.5) is 5.95 Å². The molecule has 0 spiro atoms. The van der Waals surface area contributed by atoms with E-state index in [0.29, 0.717) is 41.2 Å². The van der Waals surface area contributed by atoms with Crippen LogP contribution < -0.4 is 11.1 Å². The summed E-state index contributed by atoms with van der Waals surface area (Å²) in [4.78, 5) is 27.6. The van der Waals surface area contributed by atoms with E-state index in [9.17, 15) is 4.79 Å². The molecule has 1 atom stereocenters. The summed E-state index contributed by atoms with van der Waals surface area (Å²) in [5.74, 6) is 0.752. The van der Waals surface area contributed by atoms with Gasteiger partial charge in [0.2, 0.25) is 11.8 Å². The van der Waals surface area contributed by atoms with Crippen LogP contribution in [0.1, 0.15) is 23.9 Å². The van der Waals surface area contributed by atoms with Gasteiger partial charge in [0.05, 0.1) is 17.8 Å². The minimum atomic E-state index is -1.23. The van der Waals surface area contributed by atoms with Gasteiger partial charge in [0.1, 0.15) is 0 Å². The fourth-order valence-corrected chi connectivity index (χ4v) is 4.57. The fourth-order valence-electron chi connectivity index (χ4n) is 4.57. The minimum absolute atomic E-state index is 0.112. The van der Waals surface area contributed by atoms with E-state index in [4.69, 9.17) is 10.2 Å². The highest BCUT2D eigenvalue weighted by Gasteiger charge is 2.40. The number of hydrogen-bond donors (Lipinski definition) is 2. The Morgan fingerprint density at radius 1 is 1.03 bits per heavy atom. The van der Waals surface area contributed by atoms with E-state index in [-0.39, 0.29) is 11.9 Å². The van der Waals surface area contributed by atoms with Gasteiger partial charge >= 0.3 is 0 Å². The van der Waals surface area contributed by atoms with Gasteiger partial charge in [-0.15, -0.1) is 5.10 Å². The van der Waals surface area contributed by atoms with Gasteiger partial charge in [0, 0.05) is 24.4 Å². The number of benzene rings is 1. The highest BCUT2D eigenvalue weighted by atomic mass is 16.3. The first-order valence-electron chi connectivity index (χ1n) is 12.2. The number of rotatable bonds is 7. The van der Waals surface area contributed by atoms with E-state index < -0.39 is 5.54 Å². The van der Waals surface area contributed by atoms with Crippen molar-refractivity contribution in [3.63, 3.8) is 0 Å². The quantitative estimate of drug-likeness (QED) is 0.336. The van der Waals surface area contributed by atoms with Crippen molar-refractivity contribution in [2.45, 2.75) is 25.8 Å². The van der Waals surface area contributed by atoms with E-state index in [1.54, 1.807) is 29.3 Å². The third kappa shape index (κ3) is 3.84. The van der Waals surface area contributed by atoms with Crippen molar-refractivity contribution >= 4 is 28.5 Å². The van der Waals surface area contributed by atoms with Crippen molar-refractivity contribution in [3.8, 4) is 11.6 Å². The third-order valence-corrected chi connectivity index (χ3v) is 6.59. The molecule has 0 fully saturated rings. The molecule has 1 unspecified atom stereocenters. The van der Waals surface area contributed by atoms with Crippen molar-refractivity contribution in [1.82, 2.24) is 39.7 Å². The van der Waals surface area contributed by atoms with E-state index in [1.165, 1.54) is 4.52 Å². The van der Waals surface area contributed by atoms with Crippen LogP contribution in [-0.2, 0) is 16.8 Å². The number of aryl methyl sites for hydroxylation is 1. The standard InChI is InChI=1S/C27H25N9O2/c1-17-8-6-11-19(31-17)13-14-29-25(37)27(2,18-9-4-3-5-10-18)36-24-20(16-30-36)23-32-22(21-12-7-15-38-21)34-35(23)26(28)33-24/h3-12,15-16H,13-14H2,1-2H3,(H2,28,33)(H,29,37). The highest BCUT2D eigenvalue weighted by Crippen LogP contribution is 2.31. The third-order valence-electron chi connectivity index (χ3n) is 6.59. The summed E-state index contributed by atoms with van der Waals surface area (Å²) in [5.41, 5.74) is 8.54. The number of nitrogens with zero attached hydrogens (tertiary/aromatic N) is 7. The second kappa shape index (κ2) is 9.11. The monoisotopic (exact) mass is 507 g/mol. The maximum absolute atomic E-state index is 13.9. The molecule has 0 aliphatic carbocycles. The van der Waals surface area contributed by atoms with Gasteiger partial charge in [-0.25, -0.2) is 9.67 Å². The van der Waals surface area contributed by atoms with Crippen LogP contribution in [0.5, 0.6) is 0 Å². The number of anilines is 1. The molecule has 6 aromatic rings. The summed E-state index contributed by atoms with van der Waals surface area (Å²) in [6.45, 7) is 4.17. The zero-order chi connectivity index (χ0) is 26.3. The summed E-state index contributed by atoms with van der Waals surface area (Å²) >= 11 is 0. The summed E-state index contributed by atoms with van der Waals surface area (Å²) < 4.78 is 8.49. The van der Waals surface area contributed by atoms with Gasteiger partial charge in [0.15, 0.2) is 22.6 Å². The van der Waals surface area contributed by atoms with Crippen LogP contribution >= 0.6 is 0 Å². The molecule has 0 aliphatic rings. The number of carbonyl (C=O) groups is 1. The predicted molar refractivity (Wildman–Crippen MR) is 141 cm³/mol. The molecular weight excluding hydrogens is 482 g/mol. The lowest BCUT2D eigenvalue weighted by Gasteiger charge is -2.30. The Balaban J connectivity index is 1.42. The van der Waals surface area contributed by atoms with Crippen LogP contribution in [0.15, 0.2) is 77.5 Å². The van der Waals surface area contributed by atoms with Crippen molar-refractivity contribution in [3.05, 3.63) is 90.1 Å². The summed E-state index contributed by atoms with van der Waals surface area (Å²) in [6, 6.07) is 18.8. The zero-order valence-corrected chi connectivity index (χ0v) is 20.9. The number of fused-ring (bicyclic) bond motifs is 3. The Morgan fingerprint density at radius 3 is 2.63 bits per heavy atom. The van der Waals surface area contributed by atoms with Crippen molar-refractivity contribution in [2.75, 3.05) is 12.3 Å². The Hall–Kier alpha value is -5.06. The number of furan rings is 1. The minimum Gasteiger partial charge on any atom is -0.461 e. The molecule has 0 saturated heterocycles. The number of nitrogen functional groups attached to an aromatic ring is 1. The highest BCUT2D eigenvalue weighted by molar-refractivity contribution is 5.94. The molecule has 0 saturated carbocycles. The molecule has 6 rings (SSSR count). The number of amides is 1. The lowest BCUT2D eigenvalue weighted by molar-refractivity contribution is -0.127. The molecule has 0 bridgehead atoms. The van der Waals surface area contributed by atoms with Crippen LogP contribution in [0.25, 0.3) is 28.3 Å². The van der Waals surface area contributed by atoms with Crippen LogP contribution in [-0.4, -0.2) is 46.8 Å². The van der Waals surface area contributed by atoms with Gasteiger partial charge in [-0.2, -0.15) is 14.6 Å². The Labute approximate surface area is 217 Å². The number of nitrogens with two attached hydrogens (primary N) is 1. The van der Waals surface area contributed by atoms with Gasteiger partial charge < -0.3 is 15.5 Å². The van der Waals surface area contributed by atoms with Gasteiger partial charge in [0.25, 0.3) is 5.91 Å². The van der Waals surface area contributed by atoms with E-state index in [1.807, 2.05) is 62.4 Å². The number of nitrogens with one attached hydrogen (secondary N) is 1. The molecule has 0 aliphatic heterocycles. The first-order chi connectivity index (χ1) is 18.4. The maximum Gasteiger partial charge on any atom is 0.252 e. The van der Waals surface area contributed by atoms with Crippen molar-refractivity contribution < 1.29 is 9.21 Å². The molecule has 5 heterocycles. The molecule has 5 aromatic heterocycles. The maximum atomic E-state index is 13.9. The van der Waals surface area contributed by atoms with Crippen LogP contribution in [0, 0.1) is 6.92 Å². The second-order valence-electron chi connectivity index (χ2n) is 9.13. The Bertz CT molecular complexity index is 1760. The van der Waals surface area contributed by atoms with Crippen molar-refractivity contribution in [2.24, 2.45) is 0 Å². The first kappa shape index (κ1) is 23.3. The van der Waals surface area contributed by atoms with Crippen LogP contribution in [0.3, 0.4) is 0 Å². The van der Waals surface area contributed by atoms with Crippen LogP contribution in [0.2, 0.25) is 0 Å². The van der Waals surface area contributed by atoms with E-state index in [2.05, 4.69) is 30.5 Å². The molecular formula is C27H25N9O2. The second-order valence-corrected chi connectivity index (χ2v) is 9.13. The predicted octanol–water partition coefficient (Wildman–Crippen LogP) is 3.14. The average Bonchev–Trinajstić information content (AvgIpc) is 3.68. The Morgan fingerprint density at radius 2 is 1.87 bits per heavy atom. The summed E-state index contributed by atoms with van der Waals surface area (Å²) in [7, 11) is 0. The number of hydrogen-bond acceptors (Lipinski definition) is 8. The molecule has 190 valence electrons. The molecule has 38 heavy (non-hydrogen) atoms. The molecule has 11 nitrogen and oxygen atoms in total. The normalized spacial score (nSPS) is 13.1. The Kier molecular flexibility index (Phi) is 5.60. The molecule has 1 aromatic carbocycles. The lowest BCUT2D eigenvalue weighted by Crippen LogP contribution is -2.48. The largest absolute Gasteiger partial charge is 0.461 e. The summed E-state index contributed by atoms with van der Waals surface area (Å²) in [6.07, 6.45) is 3.78. The smallest absolute Gasteiger partial charge is 0.252 e. The topological polar surface area (TPSA) is 142 Å². The van der Waals surface area contributed by atoms with E-state index in [0.717, 1.165) is 17.0 Å². The summed E-state index contributed by atoms with van der Waals surface area (Å²) in [5, 5.41) is 12.7. The molecule has 3 N–H and O–H groups in total. The number of carbonyl (C=O) groups excluding carboxylic acids is 1. The first-order valence-corrected chi connectivity index (χ1v) is 12.2. The SMILES string of the molecule is Cc1cccc(CCNC(=O)C(C)(c2ccccc2)n2ncc3c2nc(N)n2nc(-c4ccco4)nc32)n1. The molecule has 1 amide bonds. The van der Waals surface area contributed by atoms with Gasteiger partial charge in [-0.3, -0.25) is 9.78 Å². The lowest BCUT2D eigenvalue weighted by atomic mass is 9.91. The number of pyridine rings is 1. The van der Waals surface area contributed by atoms with Gasteiger partial charge in [-0.1, -0.05) is 36.4 Å². The molecule has 0 radical (unpaired) electrons. The fraction of sp³-hybridized carbons (Fsp3) is 0.185. The number of aromatic nitrogens is 7. The zero-order valence-electron chi connectivity index (χ0n) is 20.9. The van der Waals surface area contributed by atoms with E-state index >= 15 is 0 Å². The molecule has 11 heteroatoms. The van der Waals surface area contributed by atoms with Gasteiger partial charge in [-0.05, 0) is 43.7 Å². The van der Waals surface area contributed by atoms with Crippen molar-refractivity contribution in [1.29, 1.82) is 0 Å².